The van der Waals surface area contributed by atoms with E-state index in [2.05, 4.69) is 77.9 Å². The van der Waals surface area contributed by atoms with Gasteiger partial charge in [0, 0.05) is 26.3 Å². The Morgan fingerprint density at radius 2 is 1.62 bits per heavy atom. The topological polar surface area (TPSA) is 53.4 Å². The summed E-state index contributed by atoms with van der Waals surface area (Å²) in [6.45, 7) is 16.4. The molecule has 1 atom stereocenters. The van der Waals surface area contributed by atoms with Crippen LogP contribution < -0.4 is 0 Å². The van der Waals surface area contributed by atoms with Crippen LogP contribution >= 0.6 is 0 Å². The average molecular weight is 611 g/mol. The van der Waals surface area contributed by atoms with Gasteiger partial charge in [0.1, 0.15) is 0 Å². The standard InChI is InChI=1S/C23H26N.C5H10O2.Ir/c1-14(2)18-12-21(15(3)4)20-7-8-24-23(22(20)13-18)19-10-16(5)9-17(6)11-19;1-4(6)3-5(2)7;/h7-10,12-15H,1-6H3;3-4,6-7H,1-2H3;/q-1;;. The minimum absolute atomic E-state index is 0. The van der Waals surface area contributed by atoms with Gasteiger partial charge in [0.05, 0.1) is 11.9 Å². The van der Waals surface area contributed by atoms with Crippen LogP contribution in [-0.2, 0) is 20.1 Å². The van der Waals surface area contributed by atoms with E-state index in [1.165, 1.54) is 40.5 Å². The normalized spacial score (nSPS) is 12.4. The van der Waals surface area contributed by atoms with E-state index in [1.54, 1.807) is 6.92 Å². The first kappa shape index (κ1) is 28.0. The van der Waals surface area contributed by atoms with Gasteiger partial charge < -0.3 is 15.2 Å². The Hall–Kier alpha value is -2.00. The van der Waals surface area contributed by atoms with Crippen LogP contribution in [0.3, 0.4) is 0 Å². The van der Waals surface area contributed by atoms with Crippen LogP contribution in [-0.4, -0.2) is 21.3 Å². The number of rotatable bonds is 4. The van der Waals surface area contributed by atoms with Crippen molar-refractivity contribution in [2.75, 3.05) is 0 Å². The van der Waals surface area contributed by atoms with Crippen LogP contribution in [0.1, 0.15) is 75.6 Å². The molecule has 3 aromatic rings. The van der Waals surface area contributed by atoms with Crippen molar-refractivity contribution in [1.29, 1.82) is 0 Å². The molecule has 2 aromatic carbocycles. The molecule has 1 unspecified atom stereocenters. The maximum absolute atomic E-state index is 8.49. The monoisotopic (exact) mass is 611 g/mol. The molecule has 2 N–H and O–H groups in total. The summed E-state index contributed by atoms with van der Waals surface area (Å²) in [6.07, 6.45) is 2.76. The van der Waals surface area contributed by atoms with Crippen molar-refractivity contribution in [3.8, 4) is 11.3 Å². The van der Waals surface area contributed by atoms with E-state index in [-0.39, 0.29) is 25.9 Å². The Kier molecular flexibility index (Phi) is 10.8. The van der Waals surface area contributed by atoms with Crippen molar-refractivity contribution in [3.05, 3.63) is 76.7 Å². The molecule has 0 bridgehead atoms. The zero-order valence-corrected chi connectivity index (χ0v) is 22.8. The molecule has 4 heteroatoms. The minimum atomic E-state index is -0.537. The summed E-state index contributed by atoms with van der Waals surface area (Å²) in [6, 6.07) is 14.7. The summed E-state index contributed by atoms with van der Waals surface area (Å²) in [7, 11) is 0. The summed E-state index contributed by atoms with van der Waals surface area (Å²) in [4.78, 5) is 4.73. The number of allylic oxidation sites excluding steroid dienone is 1. The van der Waals surface area contributed by atoms with E-state index in [0.29, 0.717) is 11.8 Å². The van der Waals surface area contributed by atoms with Gasteiger partial charge in [-0.25, -0.2) is 0 Å². The van der Waals surface area contributed by atoms with Crippen LogP contribution in [0.2, 0.25) is 0 Å². The van der Waals surface area contributed by atoms with Crippen molar-refractivity contribution < 1.29 is 30.3 Å². The Balaban J connectivity index is 0.000000558. The summed E-state index contributed by atoms with van der Waals surface area (Å²) >= 11 is 0. The molecule has 1 heterocycles. The fourth-order valence-corrected chi connectivity index (χ4v) is 3.73. The van der Waals surface area contributed by atoms with Gasteiger partial charge in [-0.05, 0) is 65.4 Å². The van der Waals surface area contributed by atoms with E-state index < -0.39 is 6.10 Å². The number of fused-ring (bicyclic) bond motifs is 1. The van der Waals surface area contributed by atoms with Crippen LogP contribution in [0.5, 0.6) is 0 Å². The van der Waals surface area contributed by atoms with Crippen LogP contribution in [0.25, 0.3) is 22.0 Å². The van der Waals surface area contributed by atoms with Crippen molar-refractivity contribution >= 4 is 10.8 Å². The maximum atomic E-state index is 8.49. The molecule has 175 valence electrons. The largest absolute Gasteiger partial charge is 0.513 e. The number of aliphatic hydroxyl groups is 2. The smallest absolute Gasteiger partial charge is 0.0877 e. The number of hydrogen-bond donors (Lipinski definition) is 2. The van der Waals surface area contributed by atoms with E-state index in [4.69, 9.17) is 15.2 Å². The number of nitrogens with zero attached hydrogens (tertiary/aromatic N) is 1. The predicted molar refractivity (Wildman–Crippen MR) is 132 cm³/mol. The average Bonchev–Trinajstić information content (AvgIpc) is 2.65. The zero-order valence-electron chi connectivity index (χ0n) is 20.4. The Labute approximate surface area is 207 Å². The van der Waals surface area contributed by atoms with Gasteiger partial charge in [-0.2, -0.15) is 0 Å². The molecule has 1 radical (unpaired) electrons. The second-order valence-corrected chi connectivity index (χ2v) is 8.98. The van der Waals surface area contributed by atoms with Gasteiger partial charge >= 0.3 is 0 Å². The molecule has 0 aliphatic rings. The fourth-order valence-electron chi connectivity index (χ4n) is 3.73. The molecule has 32 heavy (non-hydrogen) atoms. The van der Waals surface area contributed by atoms with E-state index >= 15 is 0 Å². The molecule has 0 aliphatic heterocycles. The molecule has 0 aliphatic carbocycles. The number of aryl methyl sites for hydroxylation is 2. The first-order chi connectivity index (χ1) is 14.5. The third-order valence-electron chi connectivity index (χ3n) is 5.11. The van der Waals surface area contributed by atoms with Gasteiger partial charge in [0.25, 0.3) is 0 Å². The SMILES string of the molecule is CC(O)=CC(C)O.Cc1[c-]c(-c2nccc3c(C(C)C)cc(C(C)C)cc23)cc(C)c1.[Ir]. The molecule has 0 amide bonds. The van der Waals surface area contributed by atoms with Crippen molar-refractivity contribution in [2.24, 2.45) is 0 Å². The molecule has 0 spiro atoms. The van der Waals surface area contributed by atoms with Crippen molar-refractivity contribution in [1.82, 2.24) is 4.98 Å². The fraction of sp³-hybridized carbons (Fsp3) is 0.393. The Bertz CT molecular complexity index is 1040. The van der Waals surface area contributed by atoms with E-state index in [1.807, 2.05) is 6.20 Å². The van der Waals surface area contributed by atoms with E-state index in [9.17, 15) is 0 Å². The number of aliphatic hydroxyl groups excluding tert-OH is 2. The number of pyridine rings is 1. The predicted octanol–water partition coefficient (Wildman–Crippen LogP) is 7.39. The maximum Gasteiger partial charge on any atom is 0.0877 e. The molecule has 0 saturated heterocycles. The second kappa shape index (κ2) is 12.3. The third-order valence-corrected chi connectivity index (χ3v) is 5.11. The van der Waals surface area contributed by atoms with Crippen molar-refractivity contribution in [3.63, 3.8) is 0 Å². The molecular formula is C28H36IrNO2-. The first-order valence-electron chi connectivity index (χ1n) is 11.0. The third kappa shape index (κ3) is 7.55. The molecule has 0 fully saturated rings. The number of aromatic nitrogens is 1. The number of hydrogen-bond acceptors (Lipinski definition) is 3. The molecule has 3 nitrogen and oxygen atoms in total. The van der Waals surface area contributed by atoms with Crippen LogP contribution in [0, 0.1) is 19.9 Å². The number of benzene rings is 2. The Morgan fingerprint density at radius 3 is 2.09 bits per heavy atom. The summed E-state index contributed by atoms with van der Waals surface area (Å²) < 4.78 is 0. The molecule has 0 saturated carbocycles. The van der Waals surface area contributed by atoms with Crippen LogP contribution in [0.4, 0.5) is 0 Å². The molecular weight excluding hydrogens is 575 g/mol. The first-order valence-corrected chi connectivity index (χ1v) is 11.0. The van der Waals surface area contributed by atoms with Gasteiger partial charge in [-0.1, -0.05) is 53.7 Å². The minimum Gasteiger partial charge on any atom is -0.513 e. The van der Waals surface area contributed by atoms with Gasteiger partial charge in [-0.3, -0.25) is 0 Å². The zero-order chi connectivity index (χ0) is 23.3. The molecule has 1 aromatic heterocycles. The molecule has 3 rings (SSSR count). The summed E-state index contributed by atoms with van der Waals surface area (Å²) in [5.41, 5.74) is 7.34. The van der Waals surface area contributed by atoms with Gasteiger partial charge in [-0.15, -0.1) is 34.9 Å². The van der Waals surface area contributed by atoms with Crippen molar-refractivity contribution in [2.45, 2.75) is 73.3 Å². The van der Waals surface area contributed by atoms with Gasteiger partial charge in [0.15, 0.2) is 0 Å². The second-order valence-electron chi connectivity index (χ2n) is 8.98. The van der Waals surface area contributed by atoms with Crippen LogP contribution in [0.15, 0.2) is 48.4 Å². The summed E-state index contributed by atoms with van der Waals surface area (Å²) in [5, 5.41) is 19.5. The Morgan fingerprint density at radius 1 is 0.969 bits per heavy atom. The quantitative estimate of drug-likeness (QED) is 0.239. The summed E-state index contributed by atoms with van der Waals surface area (Å²) in [5.74, 6) is 1.16. The van der Waals surface area contributed by atoms with Gasteiger partial charge in [0.2, 0.25) is 0 Å². The van der Waals surface area contributed by atoms with E-state index in [0.717, 1.165) is 16.8 Å².